The second-order valence-electron chi connectivity index (χ2n) is 11.7. The zero-order chi connectivity index (χ0) is 28.4. The summed E-state index contributed by atoms with van der Waals surface area (Å²) in [6, 6.07) is 0.171. The molecule has 3 N–H and O–H groups in total. The molecule has 220 valence electrons. The highest BCUT2D eigenvalue weighted by atomic mass is 19.2. The normalized spacial score (nSPS) is 26.7. The van der Waals surface area contributed by atoms with E-state index in [2.05, 4.69) is 20.9 Å². The van der Waals surface area contributed by atoms with Crippen LogP contribution in [0.25, 0.3) is 0 Å². The maximum atomic E-state index is 14.4. The number of rotatable bonds is 7. The lowest BCUT2D eigenvalue weighted by atomic mass is 9.82. The van der Waals surface area contributed by atoms with Gasteiger partial charge in [0, 0.05) is 31.1 Å². The van der Waals surface area contributed by atoms with Gasteiger partial charge in [0.05, 0.1) is 18.7 Å². The zero-order valence-corrected chi connectivity index (χ0v) is 23.4. The molecule has 0 unspecified atom stereocenters. The van der Waals surface area contributed by atoms with Gasteiger partial charge in [0.2, 0.25) is 23.5 Å². The largest absolute Gasteiger partial charge is 0.490 e. The molecular weight excluding hydrogens is 520 g/mol. The van der Waals surface area contributed by atoms with Crippen LogP contribution in [-0.2, 0) is 14.4 Å². The van der Waals surface area contributed by atoms with E-state index in [9.17, 15) is 23.2 Å². The van der Waals surface area contributed by atoms with Gasteiger partial charge in [-0.15, -0.1) is 0 Å². The van der Waals surface area contributed by atoms with E-state index in [0.717, 1.165) is 57.6 Å². The summed E-state index contributed by atoms with van der Waals surface area (Å²) in [5, 5.41) is 8.99. The maximum Gasteiger partial charge on any atom is 0.246 e. The van der Waals surface area contributed by atoms with Crippen LogP contribution in [0.4, 0.5) is 8.78 Å². The van der Waals surface area contributed by atoms with Crippen LogP contribution in [0.3, 0.4) is 0 Å². The number of fused-ring (bicyclic) bond motifs is 2. The van der Waals surface area contributed by atoms with E-state index in [1.54, 1.807) is 18.9 Å². The Labute approximate surface area is 234 Å². The average molecular weight is 562 g/mol. The molecule has 0 radical (unpaired) electrons. The number of likely N-dealkylation sites (N-methyl/N-ethyl adjacent to an activating group) is 1. The molecule has 1 aliphatic carbocycles. The average Bonchev–Trinajstić information content (AvgIpc) is 3.44. The SMILES string of the molecule is CN[C@@H](C)C(=O)N[C@H](C(=O)N1C[C@H]2CCCN2C[C@H]1C(=O)N[C@@H]1CCOc2c1ccc(F)c2F)C1CCCCC1. The first kappa shape index (κ1) is 28.7. The number of hydrogen-bond donors (Lipinski definition) is 3. The molecule has 11 heteroatoms. The Bertz CT molecular complexity index is 1110. The lowest BCUT2D eigenvalue weighted by Crippen LogP contribution is -2.66. The monoisotopic (exact) mass is 561 g/mol. The fourth-order valence-corrected chi connectivity index (χ4v) is 6.74. The van der Waals surface area contributed by atoms with Gasteiger partial charge in [-0.25, -0.2) is 4.39 Å². The van der Waals surface area contributed by atoms with Gasteiger partial charge in [-0.05, 0) is 58.2 Å². The van der Waals surface area contributed by atoms with Crippen molar-refractivity contribution in [2.75, 3.05) is 33.3 Å². The Morgan fingerprint density at radius 3 is 2.55 bits per heavy atom. The lowest BCUT2D eigenvalue weighted by molar-refractivity contribution is -0.149. The first-order chi connectivity index (χ1) is 19.3. The van der Waals surface area contributed by atoms with Crippen molar-refractivity contribution < 1.29 is 27.9 Å². The Hall–Kier alpha value is -2.79. The highest BCUT2D eigenvalue weighted by Crippen LogP contribution is 2.36. The van der Waals surface area contributed by atoms with Gasteiger partial charge in [0.15, 0.2) is 11.6 Å². The molecule has 2 saturated heterocycles. The van der Waals surface area contributed by atoms with Crippen LogP contribution in [0.5, 0.6) is 5.75 Å². The Morgan fingerprint density at radius 2 is 1.80 bits per heavy atom. The van der Waals surface area contributed by atoms with Gasteiger partial charge in [-0.2, -0.15) is 4.39 Å². The van der Waals surface area contributed by atoms with E-state index in [4.69, 9.17) is 4.74 Å². The quantitative estimate of drug-likeness (QED) is 0.472. The van der Waals surface area contributed by atoms with Crippen LogP contribution < -0.4 is 20.7 Å². The van der Waals surface area contributed by atoms with E-state index >= 15 is 0 Å². The summed E-state index contributed by atoms with van der Waals surface area (Å²) in [7, 11) is 1.70. The summed E-state index contributed by atoms with van der Waals surface area (Å²) < 4.78 is 33.6. The number of nitrogens with zero attached hydrogens (tertiary/aromatic N) is 2. The highest BCUT2D eigenvalue weighted by Gasteiger charge is 2.45. The van der Waals surface area contributed by atoms with Gasteiger partial charge in [0.25, 0.3) is 0 Å². The van der Waals surface area contributed by atoms with Crippen molar-refractivity contribution in [2.24, 2.45) is 5.92 Å². The Kier molecular flexibility index (Phi) is 8.89. The molecule has 1 aromatic carbocycles. The van der Waals surface area contributed by atoms with Crippen LogP contribution in [0.2, 0.25) is 0 Å². The summed E-state index contributed by atoms with van der Waals surface area (Å²) >= 11 is 0. The molecule has 9 nitrogen and oxygen atoms in total. The fraction of sp³-hybridized carbons (Fsp3) is 0.690. The standard InChI is InChI=1S/C29H41F2N5O4/c1-17(32-2)27(37)34-25(18-7-4-3-5-8-18)29(39)36-15-19-9-6-13-35(19)16-23(36)28(38)33-22-12-14-40-26-20(22)10-11-21(30)24(26)31/h10-11,17-19,22-23,25,32H,3-9,12-16H2,1-2H3,(H,33,38)(H,34,37)/t17-,19+,22+,23-,25-/m0/s1. The molecule has 3 heterocycles. The Morgan fingerprint density at radius 1 is 1.02 bits per heavy atom. The van der Waals surface area contributed by atoms with Gasteiger partial charge >= 0.3 is 0 Å². The predicted molar refractivity (Wildman–Crippen MR) is 144 cm³/mol. The first-order valence-electron chi connectivity index (χ1n) is 14.7. The molecule has 5 atom stereocenters. The van der Waals surface area contributed by atoms with E-state index in [1.807, 2.05) is 0 Å². The number of benzene rings is 1. The number of carbonyl (C=O) groups excluding carboxylic acids is 3. The number of carbonyl (C=O) groups is 3. The Balaban J connectivity index is 1.40. The third-order valence-corrected chi connectivity index (χ3v) is 9.21. The molecule has 5 rings (SSSR count). The van der Waals surface area contributed by atoms with Crippen LogP contribution in [0, 0.1) is 17.6 Å². The minimum atomic E-state index is -1.06. The first-order valence-corrected chi connectivity index (χ1v) is 14.7. The van der Waals surface area contributed by atoms with E-state index < -0.39 is 35.8 Å². The van der Waals surface area contributed by atoms with Crippen molar-refractivity contribution in [3.63, 3.8) is 0 Å². The highest BCUT2D eigenvalue weighted by molar-refractivity contribution is 5.93. The summed E-state index contributed by atoms with van der Waals surface area (Å²) in [6.07, 6.45) is 7.19. The summed E-state index contributed by atoms with van der Waals surface area (Å²) in [5.74, 6) is -3.01. The summed E-state index contributed by atoms with van der Waals surface area (Å²) in [4.78, 5) is 45.1. The van der Waals surface area contributed by atoms with Gasteiger partial charge < -0.3 is 25.6 Å². The van der Waals surface area contributed by atoms with E-state index in [1.165, 1.54) is 6.07 Å². The molecule has 3 amide bonds. The number of amides is 3. The number of piperazine rings is 1. The third-order valence-electron chi connectivity index (χ3n) is 9.21. The molecule has 0 bridgehead atoms. The van der Waals surface area contributed by atoms with E-state index in [0.29, 0.717) is 25.1 Å². The van der Waals surface area contributed by atoms with Crippen molar-refractivity contribution in [1.82, 2.24) is 25.8 Å². The molecule has 3 fully saturated rings. The van der Waals surface area contributed by atoms with Crippen LogP contribution >= 0.6 is 0 Å². The number of hydrogen-bond acceptors (Lipinski definition) is 6. The smallest absolute Gasteiger partial charge is 0.246 e. The lowest BCUT2D eigenvalue weighted by Gasteiger charge is -2.45. The molecular formula is C29H41F2N5O4. The molecule has 4 aliphatic rings. The van der Waals surface area contributed by atoms with E-state index in [-0.39, 0.29) is 42.0 Å². The maximum absolute atomic E-state index is 14.4. The molecule has 3 aliphatic heterocycles. The second-order valence-corrected chi connectivity index (χ2v) is 11.7. The predicted octanol–water partition coefficient (Wildman–Crippen LogP) is 2.25. The van der Waals surface area contributed by atoms with Gasteiger partial charge in [-0.1, -0.05) is 25.3 Å². The van der Waals surface area contributed by atoms with Crippen molar-refractivity contribution in [3.8, 4) is 5.75 Å². The summed E-state index contributed by atoms with van der Waals surface area (Å²) in [5.41, 5.74) is 0.389. The van der Waals surface area contributed by atoms with Crippen molar-refractivity contribution in [2.45, 2.75) is 88.5 Å². The number of nitrogens with one attached hydrogen (secondary N) is 3. The van der Waals surface area contributed by atoms with Gasteiger partial charge in [-0.3, -0.25) is 19.3 Å². The van der Waals surface area contributed by atoms with Crippen LogP contribution in [-0.4, -0.2) is 85.0 Å². The minimum Gasteiger partial charge on any atom is -0.490 e. The molecule has 1 saturated carbocycles. The zero-order valence-electron chi connectivity index (χ0n) is 23.4. The molecule has 40 heavy (non-hydrogen) atoms. The topological polar surface area (TPSA) is 103 Å². The summed E-state index contributed by atoms with van der Waals surface area (Å²) in [6.45, 7) is 3.57. The number of ether oxygens (including phenoxy) is 1. The fourth-order valence-electron chi connectivity index (χ4n) is 6.74. The molecule has 0 aromatic heterocycles. The van der Waals surface area contributed by atoms with Crippen molar-refractivity contribution in [3.05, 3.63) is 29.3 Å². The number of halogens is 2. The minimum absolute atomic E-state index is 0.0137. The third kappa shape index (κ3) is 5.81. The van der Waals surface area contributed by atoms with Crippen LogP contribution in [0.1, 0.15) is 69.9 Å². The van der Waals surface area contributed by atoms with Crippen LogP contribution in [0.15, 0.2) is 12.1 Å². The second kappa shape index (κ2) is 12.4. The van der Waals surface area contributed by atoms with Crippen molar-refractivity contribution in [1.29, 1.82) is 0 Å². The van der Waals surface area contributed by atoms with Crippen molar-refractivity contribution >= 4 is 17.7 Å². The molecule has 1 aromatic rings. The molecule has 0 spiro atoms. The van der Waals surface area contributed by atoms with Gasteiger partial charge in [0.1, 0.15) is 12.1 Å².